The summed E-state index contributed by atoms with van der Waals surface area (Å²) in [5.41, 5.74) is -0.550. The normalized spacial score (nSPS) is 17.8. The van der Waals surface area contributed by atoms with Crippen molar-refractivity contribution >= 4 is 21.9 Å². The number of hydrogen-bond donors (Lipinski definition) is 3. The van der Waals surface area contributed by atoms with Crippen molar-refractivity contribution in [2.45, 2.75) is 53.0 Å². The van der Waals surface area contributed by atoms with E-state index in [9.17, 15) is 13.2 Å². The molecular formula is C17H35N5O3S. The molecule has 1 amide bonds. The average Bonchev–Trinajstić information content (AvgIpc) is 2.59. The van der Waals surface area contributed by atoms with E-state index in [1.54, 1.807) is 11.4 Å². The maximum absolute atomic E-state index is 12.1. The number of piperidine rings is 1. The Hall–Kier alpha value is -1.35. The minimum Gasteiger partial charge on any atom is -0.356 e. The lowest BCUT2D eigenvalue weighted by molar-refractivity contribution is -0.128. The van der Waals surface area contributed by atoms with Gasteiger partial charge in [0.25, 0.3) is 0 Å². The van der Waals surface area contributed by atoms with Gasteiger partial charge in [-0.25, -0.2) is 12.7 Å². The lowest BCUT2D eigenvalue weighted by Crippen LogP contribution is -2.52. The van der Waals surface area contributed by atoms with Crippen molar-refractivity contribution in [1.29, 1.82) is 0 Å². The number of nitrogens with one attached hydrogen (secondary N) is 3. The molecule has 0 aromatic heterocycles. The van der Waals surface area contributed by atoms with Gasteiger partial charge in [0, 0.05) is 39.3 Å². The van der Waals surface area contributed by atoms with Crippen molar-refractivity contribution in [3.63, 3.8) is 0 Å². The SMILES string of the molecule is CCCS(=O)(=O)N1CCC(NC(=NC)NCC(C)(C)C(=O)NCC)CC1. The number of sulfonamides is 1. The summed E-state index contributed by atoms with van der Waals surface area (Å²) in [6, 6.07) is 0.168. The van der Waals surface area contributed by atoms with E-state index in [1.165, 1.54) is 0 Å². The fraction of sp³-hybridized carbons (Fsp3) is 0.882. The molecule has 0 radical (unpaired) electrons. The molecule has 1 rings (SSSR count). The summed E-state index contributed by atoms with van der Waals surface area (Å²) in [6.07, 6.45) is 2.12. The molecule has 152 valence electrons. The first-order valence-corrected chi connectivity index (χ1v) is 11.0. The van der Waals surface area contributed by atoms with Gasteiger partial charge in [-0.05, 0) is 40.0 Å². The number of amides is 1. The number of carbonyl (C=O) groups excluding carboxylic acids is 1. The van der Waals surface area contributed by atoms with E-state index in [1.807, 2.05) is 27.7 Å². The molecule has 1 aliphatic heterocycles. The van der Waals surface area contributed by atoms with Crippen LogP contribution < -0.4 is 16.0 Å². The molecule has 0 saturated carbocycles. The highest BCUT2D eigenvalue weighted by Gasteiger charge is 2.29. The topological polar surface area (TPSA) is 103 Å². The van der Waals surface area contributed by atoms with Crippen LogP contribution >= 0.6 is 0 Å². The highest BCUT2D eigenvalue weighted by atomic mass is 32.2. The molecule has 0 atom stereocenters. The van der Waals surface area contributed by atoms with Gasteiger partial charge < -0.3 is 16.0 Å². The highest BCUT2D eigenvalue weighted by molar-refractivity contribution is 7.89. The van der Waals surface area contributed by atoms with E-state index in [4.69, 9.17) is 0 Å². The van der Waals surface area contributed by atoms with Crippen molar-refractivity contribution < 1.29 is 13.2 Å². The fourth-order valence-electron chi connectivity index (χ4n) is 2.84. The molecule has 8 nitrogen and oxygen atoms in total. The van der Waals surface area contributed by atoms with E-state index < -0.39 is 15.4 Å². The molecule has 1 saturated heterocycles. The van der Waals surface area contributed by atoms with Crippen LogP contribution in [0.5, 0.6) is 0 Å². The van der Waals surface area contributed by atoms with Gasteiger partial charge in [-0.1, -0.05) is 6.92 Å². The minimum absolute atomic E-state index is 0.00241. The monoisotopic (exact) mass is 389 g/mol. The molecule has 26 heavy (non-hydrogen) atoms. The summed E-state index contributed by atoms with van der Waals surface area (Å²) in [5.74, 6) is 0.845. The van der Waals surface area contributed by atoms with Crippen LogP contribution in [0.1, 0.15) is 47.0 Å². The molecule has 1 heterocycles. The van der Waals surface area contributed by atoms with Gasteiger partial charge in [0.05, 0.1) is 11.2 Å². The van der Waals surface area contributed by atoms with Crippen LogP contribution in [0, 0.1) is 5.41 Å². The predicted octanol–water partition coefficient (Wildman–Crippen LogP) is 0.518. The quantitative estimate of drug-likeness (QED) is 0.415. The van der Waals surface area contributed by atoms with Crippen LogP contribution in [0.2, 0.25) is 0 Å². The standard InChI is InChI=1S/C17H35N5O3S/c1-6-12-26(24,25)22-10-8-14(9-11-22)21-16(18-5)20-13-17(3,4)15(23)19-7-2/h14H,6-13H2,1-5H3,(H,19,23)(H2,18,20,21). The second-order valence-corrected chi connectivity index (χ2v) is 9.39. The van der Waals surface area contributed by atoms with Crippen molar-refractivity contribution in [3.05, 3.63) is 0 Å². The Morgan fingerprint density at radius 3 is 2.31 bits per heavy atom. The molecule has 1 aliphatic rings. The van der Waals surface area contributed by atoms with Gasteiger partial charge in [-0.3, -0.25) is 9.79 Å². The Bertz CT molecular complexity index is 581. The first kappa shape index (κ1) is 22.7. The van der Waals surface area contributed by atoms with E-state index in [0.29, 0.717) is 38.6 Å². The van der Waals surface area contributed by atoms with E-state index >= 15 is 0 Å². The van der Waals surface area contributed by atoms with Gasteiger partial charge in [0.1, 0.15) is 0 Å². The van der Waals surface area contributed by atoms with Crippen molar-refractivity contribution in [3.8, 4) is 0 Å². The zero-order valence-electron chi connectivity index (χ0n) is 16.8. The van der Waals surface area contributed by atoms with Crippen molar-refractivity contribution in [2.24, 2.45) is 10.4 Å². The molecule has 0 spiro atoms. The predicted molar refractivity (Wildman–Crippen MR) is 106 cm³/mol. The largest absolute Gasteiger partial charge is 0.356 e. The highest BCUT2D eigenvalue weighted by Crippen LogP contribution is 2.16. The van der Waals surface area contributed by atoms with E-state index in [0.717, 1.165) is 12.8 Å². The third-order valence-electron chi connectivity index (χ3n) is 4.52. The van der Waals surface area contributed by atoms with Crippen LogP contribution in [0.4, 0.5) is 0 Å². The fourth-order valence-corrected chi connectivity index (χ4v) is 4.38. The van der Waals surface area contributed by atoms with Crippen LogP contribution in [-0.4, -0.2) is 69.6 Å². The van der Waals surface area contributed by atoms with Gasteiger partial charge in [0.2, 0.25) is 15.9 Å². The summed E-state index contributed by atoms with van der Waals surface area (Å²) in [4.78, 5) is 16.3. The van der Waals surface area contributed by atoms with Crippen molar-refractivity contribution in [2.75, 3.05) is 39.0 Å². The summed E-state index contributed by atoms with van der Waals surface area (Å²) in [7, 11) is -1.43. The Morgan fingerprint density at radius 2 is 1.81 bits per heavy atom. The van der Waals surface area contributed by atoms with Gasteiger partial charge in [0.15, 0.2) is 5.96 Å². The molecular weight excluding hydrogens is 354 g/mol. The molecule has 0 aliphatic carbocycles. The van der Waals surface area contributed by atoms with Crippen LogP contribution in [0.15, 0.2) is 4.99 Å². The van der Waals surface area contributed by atoms with Crippen LogP contribution in [0.3, 0.4) is 0 Å². The lowest BCUT2D eigenvalue weighted by atomic mass is 9.92. The number of guanidine groups is 1. The Labute approximate surface area is 158 Å². The van der Waals surface area contributed by atoms with Crippen molar-refractivity contribution in [1.82, 2.24) is 20.3 Å². The first-order chi connectivity index (χ1) is 12.2. The zero-order chi connectivity index (χ0) is 19.8. The number of hydrogen-bond acceptors (Lipinski definition) is 4. The molecule has 1 fully saturated rings. The minimum atomic E-state index is -3.12. The Balaban J connectivity index is 2.49. The van der Waals surface area contributed by atoms with Crippen LogP contribution in [-0.2, 0) is 14.8 Å². The summed E-state index contributed by atoms with van der Waals surface area (Å²) >= 11 is 0. The molecule has 9 heteroatoms. The summed E-state index contributed by atoms with van der Waals surface area (Å²) in [6.45, 7) is 9.67. The van der Waals surface area contributed by atoms with E-state index in [2.05, 4.69) is 20.9 Å². The smallest absolute Gasteiger partial charge is 0.227 e. The third-order valence-corrected chi connectivity index (χ3v) is 6.60. The maximum Gasteiger partial charge on any atom is 0.227 e. The average molecular weight is 390 g/mol. The number of nitrogens with zero attached hydrogens (tertiary/aromatic N) is 2. The van der Waals surface area contributed by atoms with E-state index in [-0.39, 0.29) is 17.7 Å². The molecule has 0 aromatic carbocycles. The van der Waals surface area contributed by atoms with Gasteiger partial charge in [-0.15, -0.1) is 0 Å². The Morgan fingerprint density at radius 1 is 1.19 bits per heavy atom. The van der Waals surface area contributed by atoms with Gasteiger partial charge in [-0.2, -0.15) is 0 Å². The molecule has 3 N–H and O–H groups in total. The lowest BCUT2D eigenvalue weighted by Gasteiger charge is -2.33. The first-order valence-electron chi connectivity index (χ1n) is 9.39. The van der Waals surface area contributed by atoms with Crippen LogP contribution in [0.25, 0.3) is 0 Å². The zero-order valence-corrected chi connectivity index (χ0v) is 17.6. The Kier molecular flexibility index (Phi) is 8.82. The number of aliphatic imine (C=N–C) groups is 1. The molecule has 0 aromatic rings. The second-order valence-electron chi connectivity index (χ2n) is 7.30. The van der Waals surface area contributed by atoms with Gasteiger partial charge >= 0.3 is 0 Å². The number of carbonyl (C=O) groups is 1. The maximum atomic E-state index is 12.1. The summed E-state index contributed by atoms with van der Waals surface area (Å²) < 4.78 is 25.9. The molecule has 0 bridgehead atoms. The molecule has 0 unspecified atom stereocenters. The second kappa shape index (κ2) is 10.1. The number of rotatable bonds is 8. The third kappa shape index (κ3) is 6.75. The summed E-state index contributed by atoms with van der Waals surface area (Å²) in [5, 5.41) is 9.38.